The first-order valence-electron chi connectivity index (χ1n) is 42.1. The Morgan fingerprint density at radius 2 is 0.923 bits per heavy atom. The molecule has 3 aliphatic rings. The number of carbonyl (C=O) groups is 10. The monoisotopic (exact) mass is 1860 g/mol. The summed E-state index contributed by atoms with van der Waals surface area (Å²) in [4.78, 5) is 131. The lowest BCUT2D eigenvalue weighted by Crippen LogP contribution is -3.00. The minimum absolute atomic E-state index is 0. The van der Waals surface area contributed by atoms with E-state index < -0.39 is 58.6 Å². The molecular weight excluding hydrogens is 1740 g/mol. The number of nitrogens with zero attached hydrogens (tertiary/aromatic N) is 4. The molecule has 30 nitrogen and oxygen atoms in total. The number of ether oxygens (including phenoxy) is 2. The van der Waals surface area contributed by atoms with Crippen LogP contribution in [0.3, 0.4) is 0 Å². The highest BCUT2D eigenvalue weighted by Crippen LogP contribution is 2.38. The van der Waals surface area contributed by atoms with Gasteiger partial charge in [-0.05, 0) is 228 Å². The first kappa shape index (κ1) is 110. The SMILES string of the molecule is CCN(CC)CCNC(=O)c1c(C)[nH]c(/C=C2\C(=O)Nc3ccc(F)cc32)c1C.CCN(CC)CCNC(=O)c1c(C)[nH]c(C=O)c1C.CCOC(=O)c1c(C)[nH]c(/C=C2\C(=O)Nc3ccc(F)cc32)c1C.CCOC(=O)c1c(C)[nH]c(C=[N+](C)C)c1C.CO.C[Si](C)(C)Oc1cc2cc(F)ccc2n1[Si](C)(C)C.O=C(O)C[C@H](O)C(=O)O.O=C1Cc2cc(F)ccc2N1.[Cl-]. The van der Waals surface area contributed by atoms with Gasteiger partial charge in [0, 0.05) is 113 Å². The number of halogens is 5. The van der Waals surface area contributed by atoms with E-state index in [2.05, 4.69) is 128 Å². The summed E-state index contributed by atoms with van der Waals surface area (Å²) >= 11 is 0. The molecule has 0 radical (unpaired) electrons. The molecule has 37 heteroatoms. The number of aldehydes is 1. The number of aromatic amines is 4. The Bertz CT molecular complexity index is 5630. The number of aromatic nitrogens is 5. The maximum Gasteiger partial charge on any atom is 0.340 e. The average Bonchev–Trinajstić information content (AvgIpc) is 1.61. The maximum atomic E-state index is 13.7. The van der Waals surface area contributed by atoms with Crippen LogP contribution in [0.25, 0.3) is 34.2 Å². The number of aliphatic hydroxyl groups excluding tert-OH is 2. The van der Waals surface area contributed by atoms with Crippen molar-refractivity contribution in [3.05, 3.63) is 209 Å². The van der Waals surface area contributed by atoms with Crippen LogP contribution in [-0.4, -0.2) is 234 Å². The van der Waals surface area contributed by atoms with Crippen LogP contribution in [0.5, 0.6) is 5.88 Å². The predicted molar refractivity (Wildman–Crippen MR) is 499 cm³/mol. The number of hydrogen-bond donors (Lipinski definition) is 13. The normalized spacial score (nSPS) is 12.8. The zero-order valence-electron chi connectivity index (χ0n) is 78.2. The lowest BCUT2D eigenvalue weighted by atomic mass is 10.0. The Kier molecular flexibility index (Phi) is 42.8. The van der Waals surface area contributed by atoms with Crippen LogP contribution in [0.15, 0.2) is 78.9 Å². The van der Waals surface area contributed by atoms with Crippen molar-refractivity contribution >= 4 is 134 Å². The highest BCUT2D eigenvalue weighted by molar-refractivity contribution is 6.76. The van der Waals surface area contributed by atoms with Gasteiger partial charge < -0.3 is 107 Å². The topological polar surface area (TPSA) is 417 Å². The smallest absolute Gasteiger partial charge is 0.340 e. The van der Waals surface area contributed by atoms with Crippen molar-refractivity contribution in [2.24, 2.45) is 0 Å². The number of rotatable bonds is 26. The molecule has 0 saturated carbocycles. The summed E-state index contributed by atoms with van der Waals surface area (Å²) in [5.41, 5.74) is 16.5. The van der Waals surface area contributed by atoms with Gasteiger partial charge in [0.15, 0.2) is 32.7 Å². The molecular formula is C93H124ClF4N13O17Si2. The fourth-order valence-corrected chi connectivity index (χ4v) is 16.7. The molecule has 5 aromatic heterocycles. The molecule has 0 aliphatic carbocycles. The zero-order chi connectivity index (χ0) is 97.0. The van der Waals surface area contributed by atoms with Crippen molar-refractivity contribution in [2.45, 2.75) is 155 Å². The van der Waals surface area contributed by atoms with Gasteiger partial charge in [-0.15, -0.1) is 0 Å². The van der Waals surface area contributed by atoms with Crippen molar-refractivity contribution in [1.29, 1.82) is 0 Å². The molecule has 0 bridgehead atoms. The number of carbonyl (C=O) groups excluding carboxylic acids is 8. The van der Waals surface area contributed by atoms with Gasteiger partial charge in [-0.2, -0.15) is 0 Å². The number of aliphatic hydroxyl groups is 2. The number of hydrogen-bond acceptors (Lipinski definition) is 17. The third kappa shape index (κ3) is 30.7. The van der Waals surface area contributed by atoms with Gasteiger partial charge in [0.1, 0.15) is 43.1 Å². The fourth-order valence-electron chi connectivity index (χ4n) is 14.1. The number of likely N-dealkylation sites (N-methyl/N-ethyl adjacent to an activating group) is 2. The molecule has 3 aliphatic heterocycles. The number of H-pyrrole nitrogens is 4. The van der Waals surface area contributed by atoms with Gasteiger partial charge >= 0.3 is 23.9 Å². The van der Waals surface area contributed by atoms with E-state index in [4.69, 9.17) is 34.3 Å². The molecule has 9 aromatic rings. The second-order valence-electron chi connectivity index (χ2n) is 32.2. The molecule has 0 spiro atoms. The molecule has 5 amide bonds. The second kappa shape index (κ2) is 50.6. The minimum Gasteiger partial charge on any atom is -1.00 e. The summed E-state index contributed by atoms with van der Waals surface area (Å²) in [5, 5.41) is 46.0. The van der Waals surface area contributed by atoms with Crippen molar-refractivity contribution in [2.75, 3.05) is 103 Å². The number of fused-ring (bicyclic) bond motifs is 4. The molecule has 1 atom stereocenters. The number of anilines is 3. The number of amides is 5. The first-order valence-corrected chi connectivity index (χ1v) is 48.9. The lowest BCUT2D eigenvalue weighted by Gasteiger charge is -2.27. The van der Waals surface area contributed by atoms with Crippen molar-refractivity contribution in [3.63, 3.8) is 0 Å². The summed E-state index contributed by atoms with van der Waals surface area (Å²) in [6, 6.07) is 19.6. The quantitative estimate of drug-likeness (QED) is 0.00455. The van der Waals surface area contributed by atoms with E-state index in [1.165, 1.54) is 48.5 Å². The third-order valence-electron chi connectivity index (χ3n) is 20.3. The second-order valence-corrected chi connectivity index (χ2v) is 41.4. The van der Waals surface area contributed by atoms with E-state index in [-0.39, 0.29) is 66.2 Å². The lowest BCUT2D eigenvalue weighted by molar-refractivity contribution is -0.458. The van der Waals surface area contributed by atoms with Crippen LogP contribution in [0, 0.1) is 78.7 Å². The molecule has 4 aromatic carbocycles. The molecule has 8 heterocycles. The van der Waals surface area contributed by atoms with Gasteiger partial charge in [0.05, 0.1) is 65.1 Å². The maximum absolute atomic E-state index is 13.7. The van der Waals surface area contributed by atoms with E-state index in [0.717, 1.165) is 115 Å². The number of nitrogens with one attached hydrogen (secondary N) is 9. The van der Waals surface area contributed by atoms with Gasteiger partial charge in [0.25, 0.3) is 23.6 Å². The largest absolute Gasteiger partial charge is 1.00 e. The molecule has 0 unspecified atom stereocenters. The van der Waals surface area contributed by atoms with E-state index in [1.54, 1.807) is 65.0 Å². The standard InChI is InChI=1S/C22H27FN4O2.C18H17FN2O3.C14H22FNOSi2.C14H23N3O2.C12H18N2O2.C8H6FNO.C4H6O5.CH4O.ClH/c1-5-27(6-2)10-9-24-22(29)20-13(3)19(25-14(20)4)12-17-16-11-15(23)7-8-18(16)26-21(17)28;1-4-24-18(23)16-9(2)15(20-10(16)3)8-13-12-7-11(19)5-6-14(12)21-17(13)22;1-18(2,3)16-13-8-7-12(15)9-11(13)10-14(16)17-19(4,5)6;1-5-17(6-2)8-7-15-14(19)13-10(3)12(9-18)16-11(13)4;1-6-16-12(15)11-8(2)10(7-14(4)5)13-9(11)3;9-6-1-2-7-5(3-6)4-8(11)10-7;5-2(4(8)9)1-3(6)7;1-2;/h7-8,11-12,25H,5-6,9-10H2,1-4H3,(H,24,29)(H,26,28);5-8,20H,4H2,1-3H3,(H,21,22);7-10H,1-6H3;9,16H,5-8H2,1-4H3,(H,15,19);7H,6H2,1-5H3;1-3H,4H2,(H,10,11);2,5H,1H2,(H,6,7)(H,8,9);2H,1H3;1H/b17-12-;13-8-;;;;;;;/t;;;;;;2-;;/m......0../s1. The van der Waals surface area contributed by atoms with Gasteiger partial charge in [0.2, 0.25) is 14.2 Å². The number of benzene rings is 4. The molecule has 0 saturated heterocycles. The van der Waals surface area contributed by atoms with E-state index in [0.29, 0.717) is 116 Å². The van der Waals surface area contributed by atoms with Crippen LogP contribution in [-0.2, 0) is 39.9 Å². The van der Waals surface area contributed by atoms with Gasteiger partial charge in [-0.1, -0.05) is 47.3 Å². The number of carboxylic acid groups (broad SMARTS) is 2. The molecule has 706 valence electrons. The first-order chi connectivity index (χ1) is 60.6. The van der Waals surface area contributed by atoms with Crippen LogP contribution >= 0.6 is 0 Å². The Balaban J connectivity index is 0.000000324. The van der Waals surface area contributed by atoms with Crippen molar-refractivity contribution in [3.8, 4) is 5.88 Å². The van der Waals surface area contributed by atoms with Crippen LogP contribution in [0.4, 0.5) is 34.6 Å². The number of carboxylic acids is 2. The summed E-state index contributed by atoms with van der Waals surface area (Å²) in [6.45, 7) is 47.2. The highest BCUT2D eigenvalue weighted by atomic mass is 35.5. The van der Waals surface area contributed by atoms with E-state index in [9.17, 15) is 65.5 Å². The van der Waals surface area contributed by atoms with Gasteiger partial charge in [-0.25, -0.2) is 36.5 Å². The van der Waals surface area contributed by atoms with E-state index in [1.807, 2.05) is 71.6 Å². The summed E-state index contributed by atoms with van der Waals surface area (Å²) < 4.78 is 73.6. The van der Waals surface area contributed by atoms with Crippen LogP contribution in [0.2, 0.25) is 39.3 Å². The number of aryl methyl sites for hydroxylation is 4. The average molecular weight is 1860 g/mol. The molecule has 13 N–H and O–H groups in total. The van der Waals surface area contributed by atoms with Crippen molar-refractivity contribution in [1.82, 2.24) is 44.6 Å². The Morgan fingerprint density at radius 3 is 1.31 bits per heavy atom. The Hall–Kier alpha value is -12.3. The third-order valence-corrected chi connectivity index (χ3v) is 22.9. The molecule has 0 fully saturated rings. The Labute approximate surface area is 763 Å². The van der Waals surface area contributed by atoms with Gasteiger partial charge in [-0.3, -0.25) is 33.6 Å². The Morgan fingerprint density at radius 1 is 0.538 bits per heavy atom. The highest BCUT2D eigenvalue weighted by Gasteiger charge is 2.32. The predicted octanol–water partition coefficient (Wildman–Crippen LogP) is 11.3. The summed E-state index contributed by atoms with van der Waals surface area (Å²) in [5.74, 6) is -4.83. The fraction of sp³-hybridized carbons (Fsp3) is 0.387. The van der Waals surface area contributed by atoms with Crippen LogP contribution < -0.4 is 43.4 Å². The zero-order valence-corrected chi connectivity index (χ0v) is 80.9. The van der Waals surface area contributed by atoms with E-state index >= 15 is 0 Å². The summed E-state index contributed by atoms with van der Waals surface area (Å²) in [6.07, 6.45) is 3.76. The molecule has 130 heavy (non-hydrogen) atoms. The van der Waals surface area contributed by atoms with Crippen molar-refractivity contribution < 1.29 is 117 Å². The number of esters is 2. The summed E-state index contributed by atoms with van der Waals surface area (Å²) in [7, 11) is 1.60. The number of aliphatic carboxylic acids is 2. The van der Waals surface area contributed by atoms with Crippen LogP contribution in [0.1, 0.15) is 179 Å². The minimum atomic E-state index is -1.79. The molecule has 12 rings (SSSR count).